The van der Waals surface area contributed by atoms with Gasteiger partial charge < -0.3 is 5.32 Å². The van der Waals surface area contributed by atoms with Crippen LogP contribution in [0.5, 0.6) is 0 Å². The van der Waals surface area contributed by atoms with E-state index in [1.165, 1.54) is 32.5 Å². The van der Waals surface area contributed by atoms with Crippen LogP contribution in [0.2, 0.25) is 0 Å². The molecular weight excluding hydrogens is 196 g/mol. The first-order valence-electron chi connectivity index (χ1n) is 6.50. The average Bonchev–Trinajstić information content (AvgIpc) is 2.65. The van der Waals surface area contributed by atoms with Gasteiger partial charge in [-0.3, -0.25) is 4.90 Å². The van der Waals surface area contributed by atoms with Gasteiger partial charge in [-0.1, -0.05) is 13.0 Å². The van der Waals surface area contributed by atoms with Gasteiger partial charge in [0.2, 0.25) is 0 Å². The smallest absolute Gasteiger partial charge is 0.0166 e. The van der Waals surface area contributed by atoms with Crippen LogP contribution in [-0.2, 0) is 0 Å². The molecule has 16 heavy (non-hydrogen) atoms. The maximum atomic E-state index is 3.88. The van der Waals surface area contributed by atoms with Crippen LogP contribution in [0.25, 0.3) is 0 Å². The molecule has 0 aromatic rings. The number of rotatable bonds is 5. The summed E-state index contributed by atoms with van der Waals surface area (Å²) in [7, 11) is 0. The molecular formula is C14H28N2. The first kappa shape index (κ1) is 13.7. The molecule has 1 aliphatic heterocycles. The molecule has 0 aromatic carbocycles. The zero-order valence-electron chi connectivity index (χ0n) is 11.5. The molecule has 0 spiro atoms. The number of nitrogens with one attached hydrogen (secondary N) is 1. The third-order valence-corrected chi connectivity index (χ3v) is 3.91. The molecule has 0 aliphatic carbocycles. The second kappa shape index (κ2) is 5.33. The van der Waals surface area contributed by atoms with E-state index in [4.69, 9.17) is 0 Å². The summed E-state index contributed by atoms with van der Waals surface area (Å²) in [5.41, 5.74) is 0.718. The van der Waals surface area contributed by atoms with Gasteiger partial charge in [0.1, 0.15) is 0 Å². The fourth-order valence-electron chi connectivity index (χ4n) is 2.48. The van der Waals surface area contributed by atoms with Gasteiger partial charge in [0.15, 0.2) is 0 Å². The lowest BCUT2D eigenvalue weighted by Gasteiger charge is -2.41. The zero-order chi connectivity index (χ0) is 12.2. The van der Waals surface area contributed by atoms with E-state index in [1.807, 2.05) is 6.08 Å². The predicted octanol–water partition coefficient (Wildman–Crippen LogP) is 2.66. The van der Waals surface area contributed by atoms with E-state index >= 15 is 0 Å². The summed E-state index contributed by atoms with van der Waals surface area (Å²) in [5, 5.41) is 3.51. The summed E-state index contributed by atoms with van der Waals surface area (Å²) in [6.07, 6.45) is 4.61. The minimum absolute atomic E-state index is 0.235. The van der Waals surface area contributed by atoms with Gasteiger partial charge >= 0.3 is 0 Å². The van der Waals surface area contributed by atoms with Crippen LogP contribution in [0.15, 0.2) is 12.7 Å². The molecule has 2 heteroatoms. The van der Waals surface area contributed by atoms with Crippen molar-refractivity contribution in [3.63, 3.8) is 0 Å². The highest BCUT2D eigenvalue weighted by Crippen LogP contribution is 2.32. The Kier molecular flexibility index (Phi) is 4.57. The molecule has 1 aliphatic rings. The molecule has 1 atom stereocenters. The van der Waals surface area contributed by atoms with Crippen molar-refractivity contribution in [2.45, 2.75) is 46.1 Å². The lowest BCUT2D eigenvalue weighted by molar-refractivity contribution is 0.0872. The van der Waals surface area contributed by atoms with Crippen LogP contribution < -0.4 is 5.32 Å². The van der Waals surface area contributed by atoms with Crippen molar-refractivity contribution in [3.8, 4) is 0 Å². The number of hydrogen-bond acceptors (Lipinski definition) is 2. The standard InChI is InChI=1S/C14H28N2/c1-6-10-16(13(3,4)5)12-14(7-2)8-9-15-11-14/h6,15H,1,7-12H2,2-5H3. The van der Waals surface area contributed by atoms with E-state index < -0.39 is 0 Å². The van der Waals surface area contributed by atoms with Crippen molar-refractivity contribution in [2.75, 3.05) is 26.2 Å². The van der Waals surface area contributed by atoms with E-state index in [2.05, 4.69) is 44.5 Å². The second-order valence-corrected chi connectivity index (χ2v) is 6.12. The summed E-state index contributed by atoms with van der Waals surface area (Å²) in [4.78, 5) is 2.55. The summed E-state index contributed by atoms with van der Waals surface area (Å²) in [6.45, 7) is 17.6. The van der Waals surface area contributed by atoms with E-state index in [1.54, 1.807) is 0 Å². The van der Waals surface area contributed by atoms with E-state index in [0.29, 0.717) is 5.41 Å². The Morgan fingerprint density at radius 1 is 1.44 bits per heavy atom. The SMILES string of the molecule is C=CCN(CC1(CC)CCNC1)C(C)(C)C. The monoisotopic (exact) mass is 224 g/mol. The van der Waals surface area contributed by atoms with Crippen LogP contribution in [0.1, 0.15) is 40.5 Å². The Morgan fingerprint density at radius 2 is 2.12 bits per heavy atom. The third-order valence-electron chi connectivity index (χ3n) is 3.91. The molecule has 0 amide bonds. The predicted molar refractivity (Wildman–Crippen MR) is 71.7 cm³/mol. The topological polar surface area (TPSA) is 15.3 Å². The van der Waals surface area contributed by atoms with Crippen LogP contribution in [0.3, 0.4) is 0 Å². The fourth-order valence-corrected chi connectivity index (χ4v) is 2.48. The maximum absolute atomic E-state index is 3.88. The Morgan fingerprint density at radius 3 is 2.50 bits per heavy atom. The van der Waals surface area contributed by atoms with E-state index in [0.717, 1.165) is 6.54 Å². The minimum atomic E-state index is 0.235. The van der Waals surface area contributed by atoms with Gasteiger partial charge in [0.05, 0.1) is 0 Å². The van der Waals surface area contributed by atoms with Gasteiger partial charge in [-0.2, -0.15) is 0 Å². The van der Waals surface area contributed by atoms with Crippen molar-refractivity contribution < 1.29 is 0 Å². The summed E-state index contributed by atoms with van der Waals surface area (Å²) < 4.78 is 0. The first-order valence-corrected chi connectivity index (χ1v) is 6.50. The van der Waals surface area contributed by atoms with Crippen molar-refractivity contribution >= 4 is 0 Å². The molecule has 1 fully saturated rings. The number of nitrogens with zero attached hydrogens (tertiary/aromatic N) is 1. The van der Waals surface area contributed by atoms with Crippen LogP contribution in [0, 0.1) is 5.41 Å². The molecule has 94 valence electrons. The molecule has 0 bridgehead atoms. The fraction of sp³-hybridized carbons (Fsp3) is 0.857. The highest BCUT2D eigenvalue weighted by atomic mass is 15.2. The molecule has 1 unspecified atom stereocenters. The van der Waals surface area contributed by atoms with Crippen molar-refractivity contribution in [2.24, 2.45) is 5.41 Å². The van der Waals surface area contributed by atoms with Crippen molar-refractivity contribution in [1.29, 1.82) is 0 Å². The van der Waals surface area contributed by atoms with E-state index in [-0.39, 0.29) is 5.54 Å². The van der Waals surface area contributed by atoms with Gasteiger partial charge in [-0.05, 0) is 45.6 Å². The third kappa shape index (κ3) is 3.33. The highest BCUT2D eigenvalue weighted by molar-refractivity contribution is 4.93. The largest absolute Gasteiger partial charge is 0.316 e. The summed E-state index contributed by atoms with van der Waals surface area (Å²) in [5.74, 6) is 0. The van der Waals surface area contributed by atoms with Crippen molar-refractivity contribution in [3.05, 3.63) is 12.7 Å². The molecule has 0 radical (unpaired) electrons. The average molecular weight is 224 g/mol. The lowest BCUT2D eigenvalue weighted by atomic mass is 9.82. The molecule has 1 saturated heterocycles. The van der Waals surface area contributed by atoms with Gasteiger partial charge in [0.25, 0.3) is 0 Å². The van der Waals surface area contributed by atoms with Gasteiger partial charge in [0, 0.05) is 25.2 Å². The van der Waals surface area contributed by atoms with Crippen molar-refractivity contribution in [1.82, 2.24) is 10.2 Å². The Hall–Kier alpha value is -0.340. The normalized spacial score (nSPS) is 26.3. The molecule has 0 aromatic heterocycles. The van der Waals surface area contributed by atoms with Crippen LogP contribution in [-0.4, -0.2) is 36.6 Å². The molecule has 1 heterocycles. The Labute approximate surface area is 101 Å². The molecule has 2 nitrogen and oxygen atoms in total. The van der Waals surface area contributed by atoms with Crippen LogP contribution in [0.4, 0.5) is 0 Å². The maximum Gasteiger partial charge on any atom is 0.0166 e. The summed E-state index contributed by atoms with van der Waals surface area (Å²) >= 11 is 0. The van der Waals surface area contributed by atoms with E-state index in [9.17, 15) is 0 Å². The highest BCUT2D eigenvalue weighted by Gasteiger charge is 2.36. The molecule has 1 rings (SSSR count). The Balaban J connectivity index is 2.69. The van der Waals surface area contributed by atoms with Crippen LogP contribution >= 0.6 is 0 Å². The molecule has 0 saturated carbocycles. The summed E-state index contributed by atoms with van der Waals surface area (Å²) in [6, 6.07) is 0. The second-order valence-electron chi connectivity index (χ2n) is 6.12. The van der Waals surface area contributed by atoms with Gasteiger partial charge in [-0.25, -0.2) is 0 Å². The Bertz CT molecular complexity index is 221. The zero-order valence-corrected chi connectivity index (χ0v) is 11.5. The lowest BCUT2D eigenvalue weighted by Crippen LogP contribution is -2.48. The van der Waals surface area contributed by atoms with Gasteiger partial charge in [-0.15, -0.1) is 6.58 Å². The first-order chi connectivity index (χ1) is 7.43. The quantitative estimate of drug-likeness (QED) is 0.722. The molecule has 1 N–H and O–H groups in total. The minimum Gasteiger partial charge on any atom is -0.316 e. The number of hydrogen-bond donors (Lipinski definition) is 1.